The summed E-state index contributed by atoms with van der Waals surface area (Å²) in [6.45, 7) is 2.38. The summed E-state index contributed by atoms with van der Waals surface area (Å²) in [6, 6.07) is 7.88. The third-order valence-corrected chi connectivity index (χ3v) is 3.65. The fourth-order valence-electron chi connectivity index (χ4n) is 2.51. The van der Waals surface area contributed by atoms with Gasteiger partial charge in [0.25, 0.3) is 0 Å². The van der Waals surface area contributed by atoms with Crippen molar-refractivity contribution >= 4 is 24.0 Å². The van der Waals surface area contributed by atoms with E-state index in [1.54, 1.807) is 7.11 Å². The second kappa shape index (κ2) is 8.87. The van der Waals surface area contributed by atoms with Crippen molar-refractivity contribution in [3.63, 3.8) is 0 Å². The number of halogens is 1. The molecule has 118 valence electrons. The molecule has 0 saturated carbocycles. The van der Waals surface area contributed by atoms with Gasteiger partial charge in [-0.05, 0) is 50.7 Å². The highest BCUT2D eigenvalue weighted by molar-refractivity contribution is 5.92. The van der Waals surface area contributed by atoms with Gasteiger partial charge in [-0.3, -0.25) is 9.69 Å². The molecule has 1 atom stereocenters. The number of hydrogen-bond acceptors (Lipinski definition) is 4. The van der Waals surface area contributed by atoms with E-state index in [9.17, 15) is 4.79 Å². The first-order valence-electron chi connectivity index (χ1n) is 7.05. The van der Waals surface area contributed by atoms with E-state index < -0.39 is 0 Å². The van der Waals surface area contributed by atoms with Crippen molar-refractivity contribution in [3.05, 3.63) is 24.3 Å². The van der Waals surface area contributed by atoms with Crippen LogP contribution in [0.2, 0.25) is 0 Å². The maximum Gasteiger partial charge on any atom is 0.238 e. The highest BCUT2D eigenvalue weighted by Crippen LogP contribution is 2.15. The summed E-state index contributed by atoms with van der Waals surface area (Å²) in [5.41, 5.74) is 0.804. The van der Waals surface area contributed by atoms with Gasteiger partial charge in [0.2, 0.25) is 5.91 Å². The molecule has 0 bridgehead atoms. The number of methoxy groups -OCH3 is 1. The number of amides is 1. The van der Waals surface area contributed by atoms with E-state index in [4.69, 9.17) is 4.74 Å². The Hall–Kier alpha value is -1.30. The van der Waals surface area contributed by atoms with Crippen LogP contribution >= 0.6 is 12.4 Å². The summed E-state index contributed by atoms with van der Waals surface area (Å²) in [5, 5.41) is 6.20. The first-order chi connectivity index (χ1) is 9.71. The van der Waals surface area contributed by atoms with Crippen molar-refractivity contribution in [2.24, 2.45) is 0 Å². The average molecular weight is 314 g/mol. The lowest BCUT2D eigenvalue weighted by Crippen LogP contribution is -2.46. The minimum absolute atomic E-state index is 0. The van der Waals surface area contributed by atoms with E-state index in [1.165, 1.54) is 6.42 Å². The molecular formula is C15H24ClN3O2. The number of carbonyl (C=O) groups is 1. The molecule has 1 heterocycles. The summed E-state index contributed by atoms with van der Waals surface area (Å²) in [6.07, 6.45) is 2.33. The number of benzene rings is 1. The van der Waals surface area contributed by atoms with Crippen LogP contribution in [0.4, 0.5) is 5.69 Å². The van der Waals surface area contributed by atoms with E-state index in [1.807, 2.05) is 31.3 Å². The number of rotatable bonds is 5. The number of nitrogens with zero attached hydrogens (tertiary/aromatic N) is 1. The summed E-state index contributed by atoms with van der Waals surface area (Å²) in [4.78, 5) is 14.2. The molecule has 1 fully saturated rings. The van der Waals surface area contributed by atoms with Crippen LogP contribution in [0.5, 0.6) is 5.75 Å². The number of nitrogens with one attached hydrogen (secondary N) is 2. The Morgan fingerprint density at radius 2 is 2.10 bits per heavy atom. The first-order valence-corrected chi connectivity index (χ1v) is 7.05. The van der Waals surface area contributed by atoms with E-state index in [0.29, 0.717) is 12.6 Å². The lowest BCUT2D eigenvalue weighted by Gasteiger charge is -2.31. The molecule has 1 aliphatic heterocycles. The number of ether oxygens (including phenoxy) is 1. The molecule has 0 radical (unpaired) electrons. The van der Waals surface area contributed by atoms with Crippen molar-refractivity contribution < 1.29 is 9.53 Å². The second-order valence-electron chi connectivity index (χ2n) is 5.14. The summed E-state index contributed by atoms with van der Waals surface area (Å²) in [5.74, 6) is 0.822. The molecule has 1 amide bonds. The van der Waals surface area contributed by atoms with Gasteiger partial charge in [0, 0.05) is 18.3 Å². The third-order valence-electron chi connectivity index (χ3n) is 3.65. The van der Waals surface area contributed by atoms with Gasteiger partial charge in [-0.15, -0.1) is 12.4 Å². The Kier molecular flexibility index (Phi) is 7.50. The van der Waals surface area contributed by atoms with Crippen molar-refractivity contribution in [1.29, 1.82) is 0 Å². The van der Waals surface area contributed by atoms with Crippen molar-refractivity contribution in [2.75, 3.05) is 39.1 Å². The standard InChI is InChI=1S/C15H23N3O2.ClH/c1-16-13-4-3-9-18(10-13)11-15(19)17-12-5-7-14(20-2)8-6-12;/h5-8,13,16H,3-4,9-11H2,1-2H3,(H,17,19);1H. The predicted octanol–water partition coefficient (Wildman–Crippen LogP) is 1.74. The normalized spacial score (nSPS) is 18.7. The van der Waals surface area contributed by atoms with Gasteiger partial charge >= 0.3 is 0 Å². The van der Waals surface area contributed by atoms with Gasteiger partial charge in [0.05, 0.1) is 13.7 Å². The largest absolute Gasteiger partial charge is 0.497 e. The zero-order valence-corrected chi connectivity index (χ0v) is 13.4. The van der Waals surface area contributed by atoms with Gasteiger partial charge in [-0.25, -0.2) is 0 Å². The van der Waals surface area contributed by atoms with Crippen molar-refractivity contribution in [1.82, 2.24) is 10.2 Å². The average Bonchev–Trinajstić information content (AvgIpc) is 2.48. The Morgan fingerprint density at radius 1 is 1.38 bits per heavy atom. The molecule has 1 aliphatic rings. The van der Waals surface area contributed by atoms with E-state index in [2.05, 4.69) is 15.5 Å². The van der Waals surface area contributed by atoms with Gasteiger partial charge in [-0.2, -0.15) is 0 Å². The lowest BCUT2D eigenvalue weighted by atomic mass is 10.1. The molecule has 1 unspecified atom stereocenters. The van der Waals surface area contributed by atoms with Gasteiger partial charge < -0.3 is 15.4 Å². The zero-order valence-electron chi connectivity index (χ0n) is 12.6. The number of carbonyl (C=O) groups excluding carboxylic acids is 1. The Bertz CT molecular complexity index is 439. The third kappa shape index (κ3) is 5.53. The monoisotopic (exact) mass is 313 g/mol. The molecule has 0 spiro atoms. The molecule has 1 saturated heterocycles. The summed E-state index contributed by atoms with van der Waals surface area (Å²) < 4.78 is 5.09. The maximum absolute atomic E-state index is 12.0. The van der Waals surface area contributed by atoms with Gasteiger partial charge in [0.15, 0.2) is 0 Å². The quantitative estimate of drug-likeness (QED) is 0.869. The molecule has 0 aliphatic carbocycles. The number of likely N-dealkylation sites (N-methyl/N-ethyl adjacent to an activating group) is 1. The molecule has 2 rings (SSSR count). The fourth-order valence-corrected chi connectivity index (χ4v) is 2.51. The molecule has 5 nitrogen and oxygen atoms in total. The molecule has 21 heavy (non-hydrogen) atoms. The fraction of sp³-hybridized carbons (Fsp3) is 0.533. The lowest BCUT2D eigenvalue weighted by molar-refractivity contribution is -0.117. The predicted molar refractivity (Wildman–Crippen MR) is 87.4 cm³/mol. The number of likely N-dealkylation sites (tertiary alicyclic amines) is 1. The highest BCUT2D eigenvalue weighted by Gasteiger charge is 2.20. The molecular weight excluding hydrogens is 290 g/mol. The molecule has 6 heteroatoms. The summed E-state index contributed by atoms with van der Waals surface area (Å²) in [7, 11) is 3.60. The zero-order chi connectivity index (χ0) is 14.4. The van der Waals surface area contributed by atoms with Crippen LogP contribution in [0.1, 0.15) is 12.8 Å². The Labute approximate surface area is 132 Å². The van der Waals surface area contributed by atoms with E-state index in [0.717, 1.165) is 30.9 Å². The minimum atomic E-state index is 0. The Morgan fingerprint density at radius 3 is 2.71 bits per heavy atom. The van der Waals surface area contributed by atoms with Crippen LogP contribution in [-0.2, 0) is 4.79 Å². The van der Waals surface area contributed by atoms with Crippen LogP contribution in [0.3, 0.4) is 0 Å². The first kappa shape index (κ1) is 17.8. The van der Waals surface area contributed by atoms with Gasteiger partial charge in [-0.1, -0.05) is 0 Å². The Balaban J connectivity index is 0.00000220. The van der Waals surface area contributed by atoms with Crippen molar-refractivity contribution in [3.8, 4) is 5.75 Å². The van der Waals surface area contributed by atoms with E-state index in [-0.39, 0.29) is 18.3 Å². The van der Waals surface area contributed by atoms with Crippen LogP contribution in [0.15, 0.2) is 24.3 Å². The van der Waals surface area contributed by atoms with Crippen LogP contribution < -0.4 is 15.4 Å². The minimum Gasteiger partial charge on any atom is -0.497 e. The van der Waals surface area contributed by atoms with E-state index >= 15 is 0 Å². The molecule has 2 N–H and O–H groups in total. The number of anilines is 1. The molecule has 1 aromatic rings. The number of hydrogen-bond donors (Lipinski definition) is 2. The summed E-state index contributed by atoms with van der Waals surface area (Å²) >= 11 is 0. The van der Waals surface area contributed by atoms with Gasteiger partial charge in [0.1, 0.15) is 5.75 Å². The number of piperidine rings is 1. The SMILES string of the molecule is CNC1CCCN(CC(=O)Nc2ccc(OC)cc2)C1.Cl. The topological polar surface area (TPSA) is 53.6 Å². The maximum atomic E-state index is 12.0. The molecule has 1 aromatic carbocycles. The smallest absolute Gasteiger partial charge is 0.238 e. The van der Waals surface area contributed by atoms with Crippen molar-refractivity contribution in [2.45, 2.75) is 18.9 Å². The second-order valence-corrected chi connectivity index (χ2v) is 5.14. The van der Waals surface area contributed by atoms with Crippen LogP contribution in [0.25, 0.3) is 0 Å². The van der Waals surface area contributed by atoms with Crippen LogP contribution in [0, 0.1) is 0 Å². The van der Waals surface area contributed by atoms with Crippen LogP contribution in [-0.4, -0.2) is 50.6 Å². The molecule has 0 aromatic heterocycles. The highest BCUT2D eigenvalue weighted by atomic mass is 35.5.